The van der Waals surface area contributed by atoms with Gasteiger partial charge in [0.1, 0.15) is 5.82 Å². The van der Waals surface area contributed by atoms with Crippen LogP contribution in [0, 0.1) is 5.82 Å². The minimum absolute atomic E-state index is 0.250. The van der Waals surface area contributed by atoms with Gasteiger partial charge in [0.25, 0.3) is 0 Å². The molecule has 3 heterocycles. The molecule has 0 radical (unpaired) electrons. The van der Waals surface area contributed by atoms with Crippen LogP contribution < -0.4 is 5.32 Å². The average Bonchev–Trinajstić information content (AvgIpc) is 3.16. The summed E-state index contributed by atoms with van der Waals surface area (Å²) < 4.78 is 19.8. The first-order chi connectivity index (χ1) is 16.1. The number of rotatable bonds is 5. The van der Waals surface area contributed by atoms with Crippen LogP contribution in [-0.2, 0) is 16.1 Å². The monoisotopic (exact) mass is 444 g/mol. The van der Waals surface area contributed by atoms with Gasteiger partial charge in [-0.05, 0) is 35.9 Å². The normalized spacial score (nSPS) is 14.5. The summed E-state index contributed by atoms with van der Waals surface area (Å²) in [6, 6.07) is 18.5. The highest BCUT2D eigenvalue weighted by Crippen LogP contribution is 2.34. The van der Waals surface area contributed by atoms with Gasteiger partial charge in [0.2, 0.25) is 5.91 Å². The van der Waals surface area contributed by atoms with Crippen molar-refractivity contribution in [3.63, 3.8) is 0 Å². The minimum Gasteiger partial charge on any atom is -0.379 e. The smallest absolute Gasteiger partial charge is 0.221 e. The van der Waals surface area contributed by atoms with Gasteiger partial charge in [-0.1, -0.05) is 30.3 Å². The summed E-state index contributed by atoms with van der Waals surface area (Å²) in [5.41, 5.74) is 6.66. The Morgan fingerprint density at radius 3 is 2.64 bits per heavy atom. The number of hydrogen-bond donors (Lipinski definition) is 2. The molecular formula is C26H25FN4O2. The summed E-state index contributed by atoms with van der Waals surface area (Å²) in [7, 11) is 0. The molecule has 0 spiro atoms. The minimum atomic E-state index is -0.427. The highest BCUT2D eigenvalue weighted by Gasteiger charge is 2.19. The Balaban J connectivity index is 1.61. The third kappa shape index (κ3) is 4.65. The molecule has 168 valence electrons. The van der Waals surface area contributed by atoms with Crippen LogP contribution in [0.15, 0.2) is 60.7 Å². The number of morpholine rings is 1. The van der Waals surface area contributed by atoms with Gasteiger partial charge in [0, 0.05) is 49.1 Å². The molecule has 1 saturated heterocycles. The summed E-state index contributed by atoms with van der Waals surface area (Å²) in [4.78, 5) is 22.3. The lowest BCUT2D eigenvalue weighted by atomic mass is 10.0. The number of aromatic amines is 1. The molecule has 2 aromatic carbocycles. The van der Waals surface area contributed by atoms with Crippen molar-refractivity contribution in [2.24, 2.45) is 0 Å². The predicted molar refractivity (Wildman–Crippen MR) is 127 cm³/mol. The van der Waals surface area contributed by atoms with Crippen molar-refractivity contribution >= 4 is 22.6 Å². The lowest BCUT2D eigenvalue weighted by Gasteiger charge is -2.26. The van der Waals surface area contributed by atoms with E-state index in [9.17, 15) is 9.18 Å². The van der Waals surface area contributed by atoms with Crippen molar-refractivity contribution in [3.05, 3.63) is 72.2 Å². The number of carbonyl (C=O) groups is 1. The number of carbonyl (C=O) groups excluding carboxylic acids is 1. The highest BCUT2D eigenvalue weighted by atomic mass is 19.1. The van der Waals surface area contributed by atoms with Gasteiger partial charge >= 0.3 is 0 Å². The number of amides is 1. The molecule has 4 aromatic rings. The third-order valence-electron chi connectivity index (χ3n) is 5.78. The molecule has 1 fully saturated rings. The molecule has 0 saturated carbocycles. The standard InChI is InChI=1S/C26H25FN4O2/c1-17(32)28-21-14-19(13-20(27)15-21)22-7-8-23-26(30-22)25(18-5-3-2-4-6-18)24(29-23)16-31-9-11-33-12-10-31/h2-8,13-15,29H,9-12,16H2,1H3,(H,28,32). The van der Waals surface area contributed by atoms with Gasteiger partial charge < -0.3 is 15.0 Å². The number of nitrogens with zero attached hydrogens (tertiary/aromatic N) is 2. The van der Waals surface area contributed by atoms with Crippen molar-refractivity contribution in [2.45, 2.75) is 13.5 Å². The Kier molecular flexibility index (Phi) is 5.90. The summed E-state index contributed by atoms with van der Waals surface area (Å²) >= 11 is 0. The van der Waals surface area contributed by atoms with E-state index in [1.54, 1.807) is 6.07 Å². The Bertz CT molecular complexity index is 1300. The third-order valence-corrected chi connectivity index (χ3v) is 5.78. The van der Waals surface area contributed by atoms with Gasteiger partial charge in [-0.2, -0.15) is 0 Å². The zero-order chi connectivity index (χ0) is 22.8. The fourth-order valence-corrected chi connectivity index (χ4v) is 4.31. The van der Waals surface area contributed by atoms with Crippen molar-refractivity contribution in [3.8, 4) is 22.4 Å². The molecule has 7 heteroatoms. The predicted octanol–water partition coefficient (Wildman–Crippen LogP) is 4.83. The molecule has 5 rings (SSSR count). The van der Waals surface area contributed by atoms with Crippen LogP contribution >= 0.6 is 0 Å². The number of benzene rings is 2. The van der Waals surface area contributed by atoms with Gasteiger partial charge in [-0.3, -0.25) is 9.69 Å². The molecule has 0 bridgehead atoms. The number of ether oxygens (including phenoxy) is 1. The zero-order valence-corrected chi connectivity index (χ0v) is 18.4. The second-order valence-corrected chi connectivity index (χ2v) is 8.24. The average molecular weight is 445 g/mol. The Labute approximate surface area is 191 Å². The van der Waals surface area contributed by atoms with Gasteiger partial charge in [-0.15, -0.1) is 0 Å². The van der Waals surface area contributed by atoms with Crippen molar-refractivity contribution in [1.82, 2.24) is 14.9 Å². The van der Waals surface area contributed by atoms with E-state index < -0.39 is 5.82 Å². The number of fused-ring (bicyclic) bond motifs is 1. The first kappa shape index (κ1) is 21.3. The molecule has 0 aliphatic carbocycles. The number of anilines is 1. The molecule has 2 N–H and O–H groups in total. The van der Waals surface area contributed by atoms with Crippen LogP contribution in [0.2, 0.25) is 0 Å². The number of halogens is 1. The Hall–Kier alpha value is -3.55. The van der Waals surface area contributed by atoms with Crippen molar-refractivity contribution < 1.29 is 13.9 Å². The first-order valence-corrected chi connectivity index (χ1v) is 11.0. The largest absolute Gasteiger partial charge is 0.379 e. The van der Waals surface area contributed by atoms with E-state index in [1.165, 1.54) is 19.1 Å². The summed E-state index contributed by atoms with van der Waals surface area (Å²) in [6.07, 6.45) is 0. The van der Waals surface area contributed by atoms with E-state index in [1.807, 2.05) is 30.3 Å². The number of nitrogens with one attached hydrogen (secondary N) is 2. The number of aromatic nitrogens is 2. The van der Waals surface area contributed by atoms with Crippen LogP contribution in [0.3, 0.4) is 0 Å². The lowest BCUT2D eigenvalue weighted by molar-refractivity contribution is -0.114. The molecule has 2 aromatic heterocycles. The fraction of sp³-hybridized carbons (Fsp3) is 0.231. The highest BCUT2D eigenvalue weighted by molar-refractivity contribution is 5.96. The first-order valence-electron chi connectivity index (χ1n) is 11.0. The van der Waals surface area contributed by atoms with Crippen LogP contribution in [0.25, 0.3) is 33.4 Å². The van der Waals surface area contributed by atoms with E-state index in [0.29, 0.717) is 16.9 Å². The molecule has 1 amide bonds. The Morgan fingerprint density at radius 1 is 1.09 bits per heavy atom. The van der Waals surface area contributed by atoms with Gasteiger partial charge in [-0.25, -0.2) is 9.37 Å². The summed E-state index contributed by atoms with van der Waals surface area (Å²) in [6.45, 7) is 5.41. The second-order valence-electron chi connectivity index (χ2n) is 8.24. The van der Waals surface area contributed by atoms with E-state index in [-0.39, 0.29) is 5.91 Å². The van der Waals surface area contributed by atoms with Crippen LogP contribution in [0.5, 0.6) is 0 Å². The number of pyridine rings is 1. The maximum absolute atomic E-state index is 14.3. The lowest BCUT2D eigenvalue weighted by Crippen LogP contribution is -2.35. The summed E-state index contributed by atoms with van der Waals surface area (Å²) in [5, 5.41) is 2.65. The quantitative estimate of drug-likeness (QED) is 0.463. The fourth-order valence-electron chi connectivity index (χ4n) is 4.31. The molecule has 1 aliphatic rings. The second kappa shape index (κ2) is 9.13. The maximum Gasteiger partial charge on any atom is 0.221 e. The molecule has 0 unspecified atom stereocenters. The topological polar surface area (TPSA) is 70.2 Å². The van der Waals surface area contributed by atoms with Crippen LogP contribution in [0.1, 0.15) is 12.6 Å². The van der Waals surface area contributed by atoms with E-state index in [2.05, 4.69) is 27.3 Å². The van der Waals surface area contributed by atoms with E-state index >= 15 is 0 Å². The zero-order valence-electron chi connectivity index (χ0n) is 18.4. The van der Waals surface area contributed by atoms with Crippen LogP contribution in [0.4, 0.5) is 10.1 Å². The van der Waals surface area contributed by atoms with Gasteiger partial charge in [0.05, 0.1) is 29.9 Å². The number of H-pyrrole nitrogens is 1. The molecule has 0 atom stereocenters. The molecule has 1 aliphatic heterocycles. The number of hydrogen-bond acceptors (Lipinski definition) is 4. The molecule has 6 nitrogen and oxygen atoms in total. The van der Waals surface area contributed by atoms with Crippen molar-refractivity contribution in [2.75, 3.05) is 31.6 Å². The van der Waals surface area contributed by atoms with Crippen LogP contribution in [-0.4, -0.2) is 47.1 Å². The molecular weight excluding hydrogens is 419 g/mol. The molecule has 33 heavy (non-hydrogen) atoms. The Morgan fingerprint density at radius 2 is 1.88 bits per heavy atom. The van der Waals surface area contributed by atoms with E-state index in [0.717, 1.165) is 60.7 Å². The van der Waals surface area contributed by atoms with Gasteiger partial charge in [0.15, 0.2) is 0 Å². The SMILES string of the molecule is CC(=O)Nc1cc(F)cc(-c2ccc3[nH]c(CN4CCOCC4)c(-c4ccccc4)c3n2)c1. The maximum atomic E-state index is 14.3. The van der Waals surface area contributed by atoms with E-state index in [4.69, 9.17) is 9.72 Å². The summed E-state index contributed by atoms with van der Waals surface area (Å²) in [5.74, 6) is -0.678. The van der Waals surface area contributed by atoms with Crippen molar-refractivity contribution in [1.29, 1.82) is 0 Å².